The summed E-state index contributed by atoms with van der Waals surface area (Å²) in [6.07, 6.45) is -0.0417. The van der Waals surface area contributed by atoms with Gasteiger partial charge < -0.3 is 24.2 Å². The zero-order valence-corrected chi connectivity index (χ0v) is 19.6. The topological polar surface area (TPSA) is 86.1 Å². The summed E-state index contributed by atoms with van der Waals surface area (Å²) in [4.78, 5) is 30.8. The lowest BCUT2D eigenvalue weighted by Crippen LogP contribution is -2.28. The highest BCUT2D eigenvalue weighted by atomic mass is 16.5. The first-order chi connectivity index (χ1) is 15.8. The van der Waals surface area contributed by atoms with Gasteiger partial charge in [0.05, 0.1) is 25.6 Å². The standard InChI is InChI=1S/C25H28N4O4/c1-27(16-17-10-11-18(32-4)14-23(17)33-5)24(31)13-12-22(30)19(15-26)25-28(2)20-8-6-7-9-21(20)29(25)3/h6-11,14H,12-13,16H2,1-5H3. The summed E-state index contributed by atoms with van der Waals surface area (Å²) in [7, 11) is 8.46. The number of hydrogen-bond acceptors (Lipinski definition) is 7. The predicted molar refractivity (Wildman–Crippen MR) is 126 cm³/mol. The van der Waals surface area contributed by atoms with E-state index < -0.39 is 0 Å². The molecule has 3 rings (SSSR count). The number of fused-ring (bicyclic) bond motifs is 1. The maximum atomic E-state index is 12.9. The zero-order chi connectivity index (χ0) is 24.1. The first-order valence-electron chi connectivity index (χ1n) is 10.5. The van der Waals surface area contributed by atoms with Gasteiger partial charge in [-0.15, -0.1) is 0 Å². The summed E-state index contributed by atoms with van der Waals surface area (Å²) in [5.41, 5.74) is 2.70. The van der Waals surface area contributed by atoms with E-state index in [9.17, 15) is 14.9 Å². The quantitative estimate of drug-likeness (QED) is 0.452. The number of ketones is 1. The summed E-state index contributed by atoms with van der Waals surface area (Å²) in [5, 5.41) is 9.74. The van der Waals surface area contributed by atoms with Crippen LogP contribution >= 0.6 is 0 Å². The second kappa shape index (κ2) is 10.1. The predicted octanol–water partition coefficient (Wildman–Crippen LogP) is 3.33. The van der Waals surface area contributed by atoms with Crippen molar-refractivity contribution in [2.75, 3.05) is 45.2 Å². The fourth-order valence-electron chi connectivity index (χ4n) is 3.92. The smallest absolute Gasteiger partial charge is 0.223 e. The molecule has 8 nitrogen and oxygen atoms in total. The Labute approximate surface area is 194 Å². The average molecular weight is 449 g/mol. The van der Waals surface area contributed by atoms with E-state index in [0.29, 0.717) is 23.9 Å². The molecule has 0 saturated heterocycles. The Morgan fingerprint density at radius 1 is 1.00 bits per heavy atom. The molecule has 0 N–H and O–H groups in total. The van der Waals surface area contributed by atoms with E-state index in [1.165, 1.54) is 0 Å². The number of ether oxygens (including phenoxy) is 2. The number of nitriles is 1. The van der Waals surface area contributed by atoms with Gasteiger partial charge >= 0.3 is 0 Å². The van der Waals surface area contributed by atoms with Gasteiger partial charge in [-0.1, -0.05) is 12.1 Å². The number of hydrogen-bond donors (Lipinski definition) is 0. The van der Waals surface area contributed by atoms with Gasteiger partial charge in [-0.3, -0.25) is 9.59 Å². The Morgan fingerprint density at radius 2 is 1.64 bits per heavy atom. The monoisotopic (exact) mass is 448 g/mol. The van der Waals surface area contributed by atoms with Crippen molar-refractivity contribution < 1.29 is 19.1 Å². The van der Waals surface area contributed by atoms with Crippen LogP contribution in [0, 0.1) is 11.3 Å². The highest BCUT2D eigenvalue weighted by Crippen LogP contribution is 2.40. The third-order valence-electron chi connectivity index (χ3n) is 5.75. The molecule has 0 saturated carbocycles. The lowest BCUT2D eigenvalue weighted by molar-refractivity contribution is -0.132. The van der Waals surface area contributed by atoms with Crippen LogP contribution in [-0.2, 0) is 16.1 Å². The number of rotatable bonds is 8. The number of carbonyl (C=O) groups is 2. The largest absolute Gasteiger partial charge is 0.497 e. The van der Waals surface area contributed by atoms with E-state index in [1.54, 1.807) is 38.3 Å². The fourth-order valence-corrected chi connectivity index (χ4v) is 3.92. The van der Waals surface area contributed by atoms with Crippen LogP contribution in [0.4, 0.5) is 11.4 Å². The second-order valence-corrected chi connectivity index (χ2v) is 7.77. The molecule has 2 aromatic rings. The Morgan fingerprint density at radius 3 is 2.18 bits per heavy atom. The molecule has 2 aromatic carbocycles. The molecule has 33 heavy (non-hydrogen) atoms. The molecule has 0 bridgehead atoms. The number of nitrogens with zero attached hydrogens (tertiary/aromatic N) is 4. The normalized spacial score (nSPS) is 12.2. The van der Waals surface area contributed by atoms with Gasteiger partial charge in [-0.2, -0.15) is 5.26 Å². The number of para-hydroxylation sites is 2. The molecule has 0 aromatic heterocycles. The van der Waals surface area contributed by atoms with Gasteiger partial charge in [-0.25, -0.2) is 0 Å². The van der Waals surface area contributed by atoms with E-state index in [0.717, 1.165) is 16.9 Å². The molecule has 1 aliphatic rings. The van der Waals surface area contributed by atoms with E-state index in [2.05, 4.69) is 6.07 Å². The first kappa shape index (κ1) is 23.7. The van der Waals surface area contributed by atoms with Crippen LogP contribution in [0.15, 0.2) is 53.9 Å². The van der Waals surface area contributed by atoms with Gasteiger partial charge in [0, 0.05) is 52.2 Å². The number of anilines is 2. The maximum absolute atomic E-state index is 12.9. The molecule has 1 heterocycles. The lowest BCUT2D eigenvalue weighted by atomic mass is 10.1. The summed E-state index contributed by atoms with van der Waals surface area (Å²) < 4.78 is 10.6. The van der Waals surface area contributed by atoms with Crippen molar-refractivity contribution in [3.63, 3.8) is 0 Å². The van der Waals surface area contributed by atoms with E-state index in [1.807, 2.05) is 54.2 Å². The van der Waals surface area contributed by atoms with Crippen LogP contribution in [0.2, 0.25) is 0 Å². The van der Waals surface area contributed by atoms with Gasteiger partial charge in [0.1, 0.15) is 29.0 Å². The molecule has 0 aliphatic carbocycles. The molecule has 0 unspecified atom stereocenters. The molecule has 172 valence electrons. The van der Waals surface area contributed by atoms with Crippen LogP contribution in [0.1, 0.15) is 18.4 Å². The molecule has 0 atom stereocenters. The van der Waals surface area contributed by atoms with Crippen LogP contribution in [0.25, 0.3) is 0 Å². The van der Waals surface area contributed by atoms with Gasteiger partial charge in [0.25, 0.3) is 0 Å². The number of carbonyl (C=O) groups excluding carboxylic acids is 2. The highest BCUT2D eigenvalue weighted by molar-refractivity contribution is 6.03. The van der Waals surface area contributed by atoms with E-state index >= 15 is 0 Å². The number of methoxy groups -OCH3 is 2. The Kier molecular flexibility index (Phi) is 7.23. The summed E-state index contributed by atoms with van der Waals surface area (Å²) in [6, 6.07) is 15.1. The SMILES string of the molecule is COc1ccc(CN(C)C(=O)CCC(=O)C(C#N)=C2N(C)c3ccccc3N2C)c(OC)c1. The Balaban J connectivity index is 1.68. The summed E-state index contributed by atoms with van der Waals surface area (Å²) >= 11 is 0. The molecule has 8 heteroatoms. The zero-order valence-electron chi connectivity index (χ0n) is 19.6. The van der Waals surface area contributed by atoms with Crippen molar-refractivity contribution in [3.05, 3.63) is 59.4 Å². The number of allylic oxidation sites excluding steroid dienone is 1. The van der Waals surface area contributed by atoms with Crippen molar-refractivity contribution in [1.82, 2.24) is 4.90 Å². The minimum Gasteiger partial charge on any atom is -0.497 e. The summed E-state index contributed by atoms with van der Waals surface area (Å²) in [6.45, 7) is 0.327. The van der Waals surface area contributed by atoms with Crippen LogP contribution in [0.5, 0.6) is 11.5 Å². The molecule has 0 spiro atoms. The number of Topliss-reactive ketones (excluding diaryl/α,β-unsaturated/α-hetero) is 1. The van der Waals surface area contributed by atoms with E-state index in [4.69, 9.17) is 9.47 Å². The average Bonchev–Trinajstić information content (AvgIpc) is 3.08. The van der Waals surface area contributed by atoms with Crippen molar-refractivity contribution in [2.24, 2.45) is 0 Å². The molecule has 0 radical (unpaired) electrons. The second-order valence-electron chi connectivity index (χ2n) is 7.77. The Bertz CT molecular complexity index is 1100. The number of amides is 1. The highest BCUT2D eigenvalue weighted by Gasteiger charge is 2.31. The van der Waals surface area contributed by atoms with Crippen molar-refractivity contribution in [1.29, 1.82) is 5.26 Å². The summed E-state index contributed by atoms with van der Waals surface area (Å²) in [5.74, 6) is 1.25. The van der Waals surface area contributed by atoms with Crippen molar-refractivity contribution in [2.45, 2.75) is 19.4 Å². The minimum absolute atomic E-state index is 0.00659. The number of benzene rings is 2. The van der Waals surface area contributed by atoms with Crippen LogP contribution in [0.3, 0.4) is 0 Å². The van der Waals surface area contributed by atoms with Crippen LogP contribution < -0.4 is 19.3 Å². The first-order valence-corrected chi connectivity index (χ1v) is 10.5. The van der Waals surface area contributed by atoms with Gasteiger partial charge in [-0.05, 0) is 24.3 Å². The van der Waals surface area contributed by atoms with Crippen molar-refractivity contribution >= 4 is 23.1 Å². The Hall–Kier alpha value is -3.99. The molecular formula is C25H28N4O4. The molecule has 0 fully saturated rings. The molecule has 1 aliphatic heterocycles. The third kappa shape index (κ3) is 4.77. The fraction of sp³-hybridized carbons (Fsp3) is 0.320. The van der Waals surface area contributed by atoms with Crippen LogP contribution in [-0.4, -0.2) is 52.0 Å². The maximum Gasteiger partial charge on any atom is 0.223 e. The minimum atomic E-state index is -0.359. The van der Waals surface area contributed by atoms with Gasteiger partial charge in [0.15, 0.2) is 5.78 Å². The van der Waals surface area contributed by atoms with E-state index in [-0.39, 0.29) is 30.1 Å². The van der Waals surface area contributed by atoms with Crippen molar-refractivity contribution in [3.8, 4) is 17.6 Å². The third-order valence-corrected chi connectivity index (χ3v) is 5.75. The molecular weight excluding hydrogens is 420 g/mol. The van der Waals surface area contributed by atoms with Gasteiger partial charge in [0.2, 0.25) is 5.91 Å². The molecule has 1 amide bonds. The lowest BCUT2D eigenvalue weighted by Gasteiger charge is -2.21.